The molecule has 239 valence electrons. The monoisotopic (exact) mass is 735 g/mol. The van der Waals surface area contributed by atoms with Crippen LogP contribution < -0.4 is 10.4 Å². The van der Waals surface area contributed by atoms with Crippen LogP contribution in [-0.4, -0.2) is 45.2 Å². The minimum atomic E-state index is -2.67. The van der Waals surface area contributed by atoms with Gasteiger partial charge in [-0.3, -0.25) is 0 Å². The molecule has 2 aromatic rings. The van der Waals surface area contributed by atoms with Crippen molar-refractivity contribution in [1.29, 1.82) is 0 Å². The third-order valence-electron chi connectivity index (χ3n) is 9.12. The minimum Gasteiger partial charge on any atom is -0.404 e. The first-order valence-corrected chi connectivity index (χ1v) is 22.1. The van der Waals surface area contributed by atoms with Gasteiger partial charge >= 0.3 is 0 Å². The van der Waals surface area contributed by atoms with E-state index in [4.69, 9.17) is 18.3 Å². The number of benzene rings is 2. The molecule has 0 bridgehead atoms. The number of hydrogen-bond donors (Lipinski definition) is 0. The first-order chi connectivity index (χ1) is 19.8. The highest BCUT2D eigenvalue weighted by atomic mass is 127. The van der Waals surface area contributed by atoms with Crippen molar-refractivity contribution in [2.45, 2.75) is 123 Å². The van der Waals surface area contributed by atoms with E-state index in [1.165, 1.54) is 10.4 Å². The summed E-state index contributed by atoms with van der Waals surface area (Å²) in [5, 5.41) is 2.57. The quantitative estimate of drug-likeness (QED) is 0.124. The first-order valence-electron chi connectivity index (χ1n) is 15.8. The van der Waals surface area contributed by atoms with Crippen molar-refractivity contribution in [2.24, 2.45) is 5.92 Å². The topological polar surface area (TPSA) is 36.9 Å². The third-order valence-corrected chi connectivity index (χ3v) is 19.2. The predicted octanol–water partition coefficient (Wildman–Crippen LogP) is 9.04. The van der Waals surface area contributed by atoms with Gasteiger partial charge in [0, 0.05) is 10.5 Å². The molecule has 0 amide bonds. The van der Waals surface area contributed by atoms with E-state index in [-0.39, 0.29) is 34.3 Å². The van der Waals surface area contributed by atoms with Gasteiger partial charge in [-0.05, 0) is 66.7 Å². The van der Waals surface area contributed by atoms with Gasteiger partial charge in [0.1, 0.15) is 12.2 Å². The lowest BCUT2D eigenvalue weighted by Gasteiger charge is -2.45. The fourth-order valence-corrected chi connectivity index (χ4v) is 12.0. The molecule has 0 N–H and O–H groups in total. The molecule has 1 fully saturated rings. The molecule has 43 heavy (non-hydrogen) atoms. The van der Waals surface area contributed by atoms with Gasteiger partial charge in [0.25, 0.3) is 8.32 Å². The Morgan fingerprint density at radius 3 is 1.84 bits per heavy atom. The maximum absolute atomic E-state index is 7.43. The number of hydrogen-bond acceptors (Lipinski definition) is 4. The molecule has 2 aromatic carbocycles. The van der Waals surface area contributed by atoms with E-state index in [0.717, 1.165) is 17.0 Å². The predicted molar refractivity (Wildman–Crippen MR) is 195 cm³/mol. The van der Waals surface area contributed by atoms with Crippen molar-refractivity contribution in [3.05, 3.63) is 78.9 Å². The summed E-state index contributed by atoms with van der Waals surface area (Å²) in [6.45, 7) is 26.9. The van der Waals surface area contributed by atoms with Gasteiger partial charge < -0.3 is 18.3 Å². The molecule has 7 heteroatoms. The Hall–Kier alpha value is -0.816. The molecule has 0 aliphatic carbocycles. The van der Waals surface area contributed by atoms with Gasteiger partial charge in [-0.2, -0.15) is 0 Å². The van der Waals surface area contributed by atoms with Gasteiger partial charge in [-0.15, -0.1) is 0 Å². The highest BCUT2D eigenvalue weighted by molar-refractivity contribution is 14.1. The lowest BCUT2D eigenvalue weighted by molar-refractivity contribution is -0.147. The highest BCUT2D eigenvalue weighted by Gasteiger charge is 2.52. The van der Waals surface area contributed by atoms with Crippen LogP contribution in [0.4, 0.5) is 0 Å². The second kappa shape index (κ2) is 14.3. The summed E-state index contributed by atoms with van der Waals surface area (Å²) in [5.74, 6) is -0.513. The molecular weight excluding hydrogens is 679 g/mol. The number of rotatable bonds is 12. The summed E-state index contributed by atoms with van der Waals surface area (Å²) in [7, 11) is -4.81. The second-order valence-electron chi connectivity index (χ2n) is 15.0. The SMILES string of the molecule is C[C@H](/C=C\[C](O[Si](C)(C)C(C)(C)C)[C@H]1OC(C)(C)O[C@H]1CCI)[C@H](C)O[Si](c1ccccc1)(c1ccccc1)C(C)(C)C. The number of alkyl halides is 1. The third kappa shape index (κ3) is 8.71. The summed E-state index contributed by atoms with van der Waals surface area (Å²) in [4.78, 5) is 0. The van der Waals surface area contributed by atoms with E-state index in [1.807, 2.05) is 13.8 Å². The van der Waals surface area contributed by atoms with Crippen LogP contribution in [0.2, 0.25) is 23.2 Å². The van der Waals surface area contributed by atoms with Crippen LogP contribution in [0.3, 0.4) is 0 Å². The molecule has 1 aliphatic rings. The first kappa shape index (κ1) is 36.6. The molecule has 0 spiro atoms. The number of ether oxygens (including phenoxy) is 2. The van der Waals surface area contributed by atoms with Crippen molar-refractivity contribution < 1.29 is 18.3 Å². The summed E-state index contributed by atoms with van der Waals surface area (Å²) in [5.41, 5.74) is 0. The highest BCUT2D eigenvalue weighted by Crippen LogP contribution is 2.43. The molecule has 1 radical (unpaired) electrons. The van der Waals surface area contributed by atoms with Crippen molar-refractivity contribution in [3.63, 3.8) is 0 Å². The van der Waals surface area contributed by atoms with Crippen LogP contribution in [-0.2, 0) is 18.3 Å². The zero-order valence-corrected chi connectivity index (χ0v) is 32.8. The second-order valence-corrected chi connectivity index (χ2v) is 25.1. The molecule has 4 atom stereocenters. The van der Waals surface area contributed by atoms with E-state index in [2.05, 4.69) is 164 Å². The summed E-state index contributed by atoms with van der Waals surface area (Å²) >= 11 is 2.42. The maximum atomic E-state index is 7.43. The smallest absolute Gasteiger partial charge is 0.261 e. The number of halogens is 1. The van der Waals surface area contributed by atoms with Crippen molar-refractivity contribution in [3.8, 4) is 0 Å². The maximum Gasteiger partial charge on any atom is 0.261 e. The Kier molecular flexibility index (Phi) is 12.2. The van der Waals surface area contributed by atoms with Crippen molar-refractivity contribution in [1.82, 2.24) is 0 Å². The van der Waals surface area contributed by atoms with Crippen molar-refractivity contribution in [2.75, 3.05) is 4.43 Å². The van der Waals surface area contributed by atoms with Gasteiger partial charge in [0.05, 0.1) is 6.10 Å². The van der Waals surface area contributed by atoms with Gasteiger partial charge in [0.15, 0.2) is 14.1 Å². The molecule has 4 nitrogen and oxygen atoms in total. The molecule has 3 rings (SSSR count). The largest absolute Gasteiger partial charge is 0.404 e. The summed E-state index contributed by atoms with van der Waals surface area (Å²) < 4.78 is 28.3. The minimum absolute atomic E-state index is 0.0287. The Labute approximate surface area is 278 Å². The summed E-state index contributed by atoms with van der Waals surface area (Å²) in [6, 6.07) is 21.7. The van der Waals surface area contributed by atoms with Crippen LogP contribution in [0, 0.1) is 12.0 Å². The van der Waals surface area contributed by atoms with Gasteiger partial charge in [0.2, 0.25) is 0 Å². The Morgan fingerprint density at radius 1 is 0.884 bits per heavy atom. The van der Waals surface area contributed by atoms with Crippen LogP contribution in [0.1, 0.15) is 75.7 Å². The van der Waals surface area contributed by atoms with Crippen LogP contribution in [0.15, 0.2) is 72.8 Å². The Morgan fingerprint density at radius 2 is 1.40 bits per heavy atom. The Bertz CT molecular complexity index is 1130. The zero-order chi connectivity index (χ0) is 32.3. The van der Waals surface area contributed by atoms with E-state index in [0.29, 0.717) is 0 Å². The van der Waals surface area contributed by atoms with E-state index < -0.39 is 22.4 Å². The lowest BCUT2D eigenvalue weighted by Crippen LogP contribution is -2.67. The lowest BCUT2D eigenvalue weighted by atomic mass is 10.0. The van der Waals surface area contributed by atoms with Gasteiger partial charge in [-0.25, -0.2) is 0 Å². The average Bonchev–Trinajstić information content (AvgIpc) is 3.22. The van der Waals surface area contributed by atoms with Crippen LogP contribution in [0.5, 0.6) is 0 Å². The zero-order valence-electron chi connectivity index (χ0n) is 28.7. The summed E-state index contributed by atoms with van der Waals surface area (Å²) in [6.07, 6.45) is 5.92. The van der Waals surface area contributed by atoms with Crippen LogP contribution >= 0.6 is 22.6 Å². The molecular formula is C36H56IO4Si2. The van der Waals surface area contributed by atoms with Crippen molar-refractivity contribution >= 4 is 49.6 Å². The van der Waals surface area contributed by atoms with E-state index in [9.17, 15) is 0 Å². The van der Waals surface area contributed by atoms with E-state index in [1.54, 1.807) is 0 Å². The normalized spacial score (nSPS) is 21.4. The van der Waals surface area contributed by atoms with Crippen LogP contribution in [0.25, 0.3) is 0 Å². The molecule has 1 saturated heterocycles. The fourth-order valence-electron chi connectivity index (χ4n) is 5.51. The molecule has 0 saturated carbocycles. The van der Waals surface area contributed by atoms with Gasteiger partial charge in [-0.1, -0.05) is 144 Å². The Balaban J connectivity index is 1.99. The molecule has 1 aliphatic heterocycles. The fraction of sp³-hybridized carbons (Fsp3) is 0.583. The molecule has 0 unspecified atom stereocenters. The molecule has 0 aromatic heterocycles. The standard InChI is InChI=1S/C36H56IO4Si2/c1-27(23-24-32(41-42(11,12)34(3,4)5)33-31(25-26-37)38-36(9,10)39-33)28(2)40-43(35(6,7)8,29-19-15-13-16-20-29)30-21-17-14-18-22-30/h13-24,27-28,31,33H,25-26H2,1-12H3/b24-23-/t27-,28+,31+,33+/m1/s1. The van der Waals surface area contributed by atoms with E-state index >= 15 is 0 Å². The molecule has 1 heterocycles. The average molecular weight is 736 g/mol.